The molecule has 1 aromatic heterocycles. The van der Waals surface area contributed by atoms with Crippen molar-refractivity contribution in [1.29, 1.82) is 0 Å². The van der Waals surface area contributed by atoms with E-state index < -0.39 is 17.9 Å². The van der Waals surface area contributed by atoms with Crippen molar-refractivity contribution in [2.75, 3.05) is 27.9 Å². The molecule has 0 saturated carbocycles. The first kappa shape index (κ1) is 18.6. The number of methoxy groups -OCH3 is 3. The van der Waals surface area contributed by atoms with Crippen LogP contribution in [0.2, 0.25) is 0 Å². The quantitative estimate of drug-likeness (QED) is 0.814. The van der Waals surface area contributed by atoms with Gasteiger partial charge in [0.1, 0.15) is 0 Å². The Bertz CT molecular complexity index is 861. The molecule has 1 amide bonds. The number of nitrogens with zero attached hydrogens (tertiary/aromatic N) is 2. The Morgan fingerprint density at radius 3 is 2.48 bits per heavy atom. The molecule has 1 N–H and O–H groups in total. The van der Waals surface area contributed by atoms with E-state index in [4.69, 9.17) is 18.7 Å². The van der Waals surface area contributed by atoms with Crippen molar-refractivity contribution in [2.45, 2.75) is 18.9 Å². The monoisotopic (exact) mass is 376 g/mol. The third-order valence-electron chi connectivity index (χ3n) is 4.54. The molecule has 1 unspecified atom stereocenters. The van der Waals surface area contributed by atoms with Gasteiger partial charge >= 0.3 is 5.97 Å². The van der Waals surface area contributed by atoms with Gasteiger partial charge in [-0.15, -0.1) is 0 Å². The highest BCUT2D eigenvalue weighted by Gasteiger charge is 2.35. The summed E-state index contributed by atoms with van der Waals surface area (Å²) in [4.78, 5) is 25.8. The third-order valence-corrected chi connectivity index (χ3v) is 4.54. The smallest absolute Gasteiger partial charge is 0.305 e. The first-order chi connectivity index (χ1) is 13.0. The molecule has 144 valence electrons. The van der Waals surface area contributed by atoms with Crippen molar-refractivity contribution in [3.63, 3.8) is 0 Å². The number of rotatable bonds is 6. The Hall–Kier alpha value is -3.23. The zero-order valence-corrected chi connectivity index (χ0v) is 15.2. The van der Waals surface area contributed by atoms with Crippen LogP contribution < -0.4 is 14.2 Å². The van der Waals surface area contributed by atoms with Gasteiger partial charge < -0.3 is 28.7 Å². The Balaban J connectivity index is 2.01. The van der Waals surface area contributed by atoms with Gasteiger partial charge in [-0.2, -0.15) is 0 Å². The fraction of sp³-hybridized carbons (Fsp3) is 0.389. The van der Waals surface area contributed by atoms with Crippen molar-refractivity contribution in [2.24, 2.45) is 0 Å². The van der Waals surface area contributed by atoms with Crippen molar-refractivity contribution in [1.82, 2.24) is 10.1 Å². The van der Waals surface area contributed by atoms with Gasteiger partial charge in [0.15, 0.2) is 11.5 Å². The predicted molar refractivity (Wildman–Crippen MR) is 92.3 cm³/mol. The van der Waals surface area contributed by atoms with Gasteiger partial charge in [-0.25, -0.2) is 0 Å². The number of amides is 1. The van der Waals surface area contributed by atoms with Gasteiger partial charge in [0.2, 0.25) is 5.76 Å². The SMILES string of the molecule is COc1cc(C(=O)N2CCc3cc(OC)c(OC)cc3C2CC(=O)O)on1. The van der Waals surface area contributed by atoms with Crippen LogP contribution in [0.1, 0.15) is 34.1 Å². The number of carbonyl (C=O) groups is 2. The van der Waals surface area contributed by atoms with Crippen molar-refractivity contribution in [3.05, 3.63) is 35.1 Å². The molecule has 0 fully saturated rings. The summed E-state index contributed by atoms with van der Waals surface area (Å²) in [6, 6.07) is 4.25. The van der Waals surface area contributed by atoms with Gasteiger partial charge in [0, 0.05) is 6.54 Å². The van der Waals surface area contributed by atoms with Crippen LogP contribution in [-0.2, 0) is 11.2 Å². The lowest BCUT2D eigenvalue weighted by atomic mass is 9.89. The van der Waals surface area contributed by atoms with E-state index in [-0.39, 0.29) is 18.1 Å². The van der Waals surface area contributed by atoms with Gasteiger partial charge in [-0.05, 0) is 34.8 Å². The lowest BCUT2D eigenvalue weighted by molar-refractivity contribution is -0.138. The standard InChI is InChI=1S/C18H20N2O7/c1-24-13-6-10-4-5-20(18(23)15-9-16(26-3)19-27-15)12(8-17(21)22)11(10)7-14(13)25-2/h6-7,9,12H,4-5,8H2,1-3H3,(H,21,22). The van der Waals surface area contributed by atoms with Crippen LogP contribution in [0, 0.1) is 0 Å². The van der Waals surface area contributed by atoms with Crippen molar-refractivity contribution < 1.29 is 33.4 Å². The molecular formula is C18H20N2O7. The second kappa shape index (κ2) is 7.56. The summed E-state index contributed by atoms with van der Waals surface area (Å²) >= 11 is 0. The number of fused-ring (bicyclic) bond motifs is 1. The average Bonchev–Trinajstić information content (AvgIpc) is 3.15. The summed E-state index contributed by atoms with van der Waals surface area (Å²) in [6.07, 6.45) is 0.294. The molecule has 1 aliphatic heterocycles. The zero-order chi connectivity index (χ0) is 19.6. The van der Waals surface area contributed by atoms with E-state index in [0.29, 0.717) is 30.0 Å². The fourth-order valence-electron chi connectivity index (χ4n) is 3.25. The fourth-order valence-corrected chi connectivity index (χ4v) is 3.25. The van der Waals surface area contributed by atoms with Crippen LogP contribution in [0.15, 0.2) is 22.7 Å². The van der Waals surface area contributed by atoms with Crippen LogP contribution in [0.3, 0.4) is 0 Å². The van der Waals surface area contributed by atoms with Crippen LogP contribution in [0.4, 0.5) is 0 Å². The third kappa shape index (κ3) is 3.53. The summed E-state index contributed by atoms with van der Waals surface area (Å²) in [5.41, 5.74) is 1.62. The maximum Gasteiger partial charge on any atom is 0.305 e. The summed E-state index contributed by atoms with van der Waals surface area (Å²) in [5.74, 6) is -0.261. The molecule has 0 bridgehead atoms. The van der Waals surface area contributed by atoms with Gasteiger partial charge in [-0.3, -0.25) is 9.59 Å². The van der Waals surface area contributed by atoms with Crippen LogP contribution in [0.25, 0.3) is 0 Å². The minimum atomic E-state index is -1.02. The number of aromatic nitrogens is 1. The molecule has 0 saturated heterocycles. The van der Waals surface area contributed by atoms with Crippen molar-refractivity contribution >= 4 is 11.9 Å². The Morgan fingerprint density at radius 2 is 1.89 bits per heavy atom. The van der Waals surface area contributed by atoms with E-state index in [2.05, 4.69) is 5.16 Å². The number of hydrogen-bond acceptors (Lipinski definition) is 7. The molecule has 1 atom stereocenters. The van der Waals surface area contributed by atoms with E-state index in [1.54, 1.807) is 6.07 Å². The molecule has 1 aromatic carbocycles. The van der Waals surface area contributed by atoms with Crippen LogP contribution >= 0.6 is 0 Å². The molecule has 27 heavy (non-hydrogen) atoms. The second-order valence-corrected chi connectivity index (χ2v) is 6.00. The Kier molecular flexibility index (Phi) is 5.20. The molecule has 0 spiro atoms. The van der Waals surface area contributed by atoms with Crippen LogP contribution in [-0.4, -0.2) is 54.9 Å². The normalized spacial score (nSPS) is 15.8. The molecule has 1 aliphatic rings. The lowest BCUT2D eigenvalue weighted by Gasteiger charge is -2.36. The first-order valence-corrected chi connectivity index (χ1v) is 8.26. The maximum atomic E-state index is 12.9. The van der Waals surface area contributed by atoms with Gasteiger partial charge in [-0.1, -0.05) is 0 Å². The number of carboxylic acid groups (broad SMARTS) is 1. The maximum absolute atomic E-state index is 12.9. The van der Waals surface area contributed by atoms with Gasteiger partial charge in [0.25, 0.3) is 11.8 Å². The minimum absolute atomic E-state index is 0.00818. The van der Waals surface area contributed by atoms with E-state index in [1.165, 1.54) is 32.3 Å². The molecule has 2 aromatic rings. The second-order valence-electron chi connectivity index (χ2n) is 6.00. The molecule has 0 aliphatic carbocycles. The van der Waals surface area contributed by atoms with Crippen molar-refractivity contribution in [3.8, 4) is 17.4 Å². The molecule has 9 nitrogen and oxygen atoms in total. The first-order valence-electron chi connectivity index (χ1n) is 8.26. The van der Waals surface area contributed by atoms with E-state index in [9.17, 15) is 14.7 Å². The summed E-state index contributed by atoms with van der Waals surface area (Å²) < 4.78 is 20.6. The molecule has 9 heteroatoms. The Labute approximate surface area is 155 Å². The molecular weight excluding hydrogens is 356 g/mol. The average molecular weight is 376 g/mol. The molecule has 0 radical (unpaired) electrons. The van der Waals surface area contributed by atoms with E-state index in [0.717, 1.165) is 5.56 Å². The number of aliphatic carboxylic acids is 1. The minimum Gasteiger partial charge on any atom is -0.493 e. The van der Waals surface area contributed by atoms with E-state index in [1.807, 2.05) is 6.07 Å². The number of hydrogen-bond donors (Lipinski definition) is 1. The summed E-state index contributed by atoms with van der Waals surface area (Å²) in [7, 11) is 4.45. The number of carboxylic acids is 1. The topological polar surface area (TPSA) is 111 Å². The molecule has 2 heterocycles. The number of ether oxygens (including phenoxy) is 3. The van der Waals surface area contributed by atoms with Gasteiger partial charge in [0.05, 0.1) is 39.9 Å². The Morgan fingerprint density at radius 1 is 1.19 bits per heavy atom. The highest BCUT2D eigenvalue weighted by atomic mass is 16.5. The zero-order valence-electron chi connectivity index (χ0n) is 15.2. The number of benzene rings is 1. The number of carbonyl (C=O) groups excluding carboxylic acids is 1. The lowest BCUT2D eigenvalue weighted by Crippen LogP contribution is -2.41. The highest BCUT2D eigenvalue weighted by molar-refractivity contribution is 5.92. The largest absolute Gasteiger partial charge is 0.493 e. The van der Waals surface area contributed by atoms with E-state index >= 15 is 0 Å². The molecule has 3 rings (SSSR count). The highest BCUT2D eigenvalue weighted by Crippen LogP contribution is 2.40. The summed E-state index contributed by atoms with van der Waals surface area (Å²) in [6.45, 7) is 0.336. The van der Waals surface area contributed by atoms with Crippen LogP contribution in [0.5, 0.6) is 17.4 Å². The summed E-state index contributed by atoms with van der Waals surface area (Å²) in [5, 5.41) is 13.0. The predicted octanol–water partition coefficient (Wildman–Crippen LogP) is 1.91.